The van der Waals surface area contributed by atoms with Crippen LogP contribution in [0.25, 0.3) is 5.57 Å². The second-order valence-corrected chi connectivity index (χ2v) is 7.28. The summed E-state index contributed by atoms with van der Waals surface area (Å²) >= 11 is 0. The lowest BCUT2D eigenvalue weighted by Gasteiger charge is -2.11. The molecule has 3 nitrogen and oxygen atoms in total. The number of alkyl halides is 2. The summed E-state index contributed by atoms with van der Waals surface area (Å²) in [5.74, 6) is 0.632. The Labute approximate surface area is 179 Å². The number of aromatic nitrogens is 1. The van der Waals surface area contributed by atoms with E-state index in [4.69, 9.17) is 4.98 Å². The van der Waals surface area contributed by atoms with Gasteiger partial charge in [0.1, 0.15) is 0 Å². The van der Waals surface area contributed by atoms with E-state index in [0.717, 1.165) is 28.1 Å². The molecule has 1 aromatic heterocycles. The summed E-state index contributed by atoms with van der Waals surface area (Å²) in [7, 11) is 0. The molecule has 1 saturated carbocycles. The van der Waals surface area contributed by atoms with E-state index in [2.05, 4.69) is 36.0 Å². The van der Waals surface area contributed by atoms with Crippen LogP contribution in [0.3, 0.4) is 0 Å². The van der Waals surface area contributed by atoms with Gasteiger partial charge in [-0.15, -0.1) is 0 Å². The number of hydrogen-bond acceptors (Lipinski definition) is 3. The van der Waals surface area contributed by atoms with Crippen molar-refractivity contribution < 1.29 is 8.78 Å². The second kappa shape index (κ2) is 12.7. The first kappa shape index (κ1) is 25.2. The molecule has 2 rings (SSSR count). The molecule has 30 heavy (non-hydrogen) atoms. The first-order valence-electron chi connectivity index (χ1n) is 10.1. The molecule has 0 bridgehead atoms. The van der Waals surface area contributed by atoms with Crippen molar-refractivity contribution in [1.82, 2.24) is 4.98 Å². The summed E-state index contributed by atoms with van der Waals surface area (Å²) in [4.78, 5) is 8.97. The van der Waals surface area contributed by atoms with Gasteiger partial charge < -0.3 is 5.73 Å². The molecule has 0 amide bonds. The largest absolute Gasteiger partial charge is 0.405 e. The molecule has 0 radical (unpaired) electrons. The molecule has 2 N–H and O–H groups in total. The molecule has 1 aromatic rings. The Morgan fingerprint density at radius 1 is 1.30 bits per heavy atom. The van der Waals surface area contributed by atoms with Crippen molar-refractivity contribution >= 4 is 11.3 Å². The Balaban J connectivity index is 0.00000141. The maximum Gasteiger partial charge on any atom is 0.242 e. The van der Waals surface area contributed by atoms with E-state index < -0.39 is 6.43 Å². The summed E-state index contributed by atoms with van der Waals surface area (Å²) in [5, 5.41) is 0. The monoisotopic (exact) mass is 413 g/mol. The van der Waals surface area contributed by atoms with Crippen molar-refractivity contribution in [3.63, 3.8) is 0 Å². The highest BCUT2D eigenvalue weighted by atomic mass is 19.3. The fourth-order valence-corrected chi connectivity index (χ4v) is 2.79. The third-order valence-corrected chi connectivity index (χ3v) is 4.56. The smallest absolute Gasteiger partial charge is 0.242 e. The summed E-state index contributed by atoms with van der Waals surface area (Å²) < 4.78 is 24.7. The van der Waals surface area contributed by atoms with Crippen LogP contribution in [-0.2, 0) is 0 Å². The van der Waals surface area contributed by atoms with Crippen LogP contribution in [0, 0.1) is 6.92 Å². The van der Waals surface area contributed by atoms with Crippen LogP contribution < -0.4 is 5.73 Å². The third-order valence-electron chi connectivity index (χ3n) is 4.56. The molecule has 1 aliphatic rings. The van der Waals surface area contributed by atoms with Crippen LogP contribution in [0.15, 0.2) is 72.1 Å². The predicted molar refractivity (Wildman–Crippen MR) is 125 cm³/mol. The molecule has 0 aliphatic heterocycles. The lowest BCUT2D eigenvalue weighted by molar-refractivity contribution is 0.149. The van der Waals surface area contributed by atoms with Crippen molar-refractivity contribution in [2.75, 3.05) is 0 Å². The summed E-state index contributed by atoms with van der Waals surface area (Å²) in [6.45, 7) is 14.9. The molecule has 0 aromatic carbocycles. The van der Waals surface area contributed by atoms with Crippen LogP contribution in [0.4, 0.5) is 8.78 Å². The van der Waals surface area contributed by atoms with Gasteiger partial charge in [0.05, 0.1) is 0 Å². The van der Waals surface area contributed by atoms with Gasteiger partial charge in [-0.25, -0.2) is 8.78 Å². The number of nitrogens with zero attached hydrogens (tertiary/aromatic N) is 2. The standard InChI is InChI=1S/C23H28F2N2.C2H5N/c1-6-19(8-7-16(3)26-14-15(2)13-23(24)25)17(4)21-11-12-22(20-9-10-20)27-18(21)5;1-2-3/h6-8,11-12,14,20,23H,4,9-10,13H2,1-3,5H3;2H,1,3H2/b8-7-,15-14+,19-6+,26-16+;. The van der Waals surface area contributed by atoms with Gasteiger partial charge in [0.2, 0.25) is 6.43 Å². The van der Waals surface area contributed by atoms with E-state index >= 15 is 0 Å². The number of aliphatic imine (C=N–C) groups is 1. The minimum absolute atomic E-state index is 0.249. The van der Waals surface area contributed by atoms with Crippen molar-refractivity contribution in [3.8, 4) is 0 Å². The van der Waals surface area contributed by atoms with Crippen LogP contribution in [0.1, 0.15) is 62.9 Å². The molecule has 0 saturated heterocycles. The molecule has 1 aliphatic carbocycles. The maximum absolute atomic E-state index is 12.3. The van der Waals surface area contributed by atoms with Gasteiger partial charge >= 0.3 is 0 Å². The lowest BCUT2D eigenvalue weighted by atomic mass is 9.97. The van der Waals surface area contributed by atoms with Gasteiger partial charge in [0.15, 0.2) is 0 Å². The highest BCUT2D eigenvalue weighted by molar-refractivity contribution is 5.95. The zero-order valence-corrected chi connectivity index (χ0v) is 18.5. The van der Waals surface area contributed by atoms with Gasteiger partial charge in [-0.1, -0.05) is 31.4 Å². The number of hydrogen-bond donors (Lipinski definition) is 1. The van der Waals surface area contributed by atoms with Crippen LogP contribution in [0.2, 0.25) is 0 Å². The Bertz CT molecular complexity index is 857. The number of rotatable bonds is 8. The number of halogens is 2. The molecule has 162 valence electrons. The van der Waals surface area contributed by atoms with Crippen molar-refractivity contribution in [3.05, 3.63) is 84.0 Å². The third kappa shape index (κ3) is 8.68. The quantitative estimate of drug-likeness (QED) is 0.372. The summed E-state index contributed by atoms with van der Waals surface area (Å²) in [6, 6.07) is 4.21. The minimum Gasteiger partial charge on any atom is -0.405 e. The van der Waals surface area contributed by atoms with E-state index in [1.54, 1.807) is 6.92 Å². The molecule has 5 heteroatoms. The molecule has 1 fully saturated rings. The van der Waals surface area contributed by atoms with Gasteiger partial charge in [-0.2, -0.15) is 0 Å². The Hall–Kier alpha value is -2.82. The molecule has 0 atom stereocenters. The zero-order chi connectivity index (χ0) is 22.7. The summed E-state index contributed by atoms with van der Waals surface area (Å²) in [6.07, 6.45) is 8.45. The van der Waals surface area contributed by atoms with E-state index in [-0.39, 0.29) is 6.42 Å². The van der Waals surface area contributed by atoms with E-state index in [1.165, 1.54) is 30.9 Å². The molecular weight excluding hydrogens is 380 g/mol. The average molecular weight is 414 g/mol. The number of pyridine rings is 1. The van der Waals surface area contributed by atoms with E-state index in [9.17, 15) is 8.78 Å². The predicted octanol–water partition coefficient (Wildman–Crippen LogP) is 6.89. The molecule has 0 spiro atoms. The first-order chi connectivity index (χ1) is 14.2. The normalized spacial score (nSPS) is 15.2. The Morgan fingerprint density at radius 2 is 1.93 bits per heavy atom. The maximum atomic E-state index is 12.3. The second-order valence-electron chi connectivity index (χ2n) is 7.28. The minimum atomic E-state index is -2.34. The first-order valence-corrected chi connectivity index (χ1v) is 10.1. The lowest BCUT2D eigenvalue weighted by Crippen LogP contribution is -1.97. The van der Waals surface area contributed by atoms with Gasteiger partial charge in [-0.05, 0) is 75.6 Å². The van der Waals surface area contributed by atoms with Crippen LogP contribution in [0.5, 0.6) is 0 Å². The highest BCUT2D eigenvalue weighted by Crippen LogP contribution is 2.39. The number of aryl methyl sites for hydroxylation is 1. The van der Waals surface area contributed by atoms with Gasteiger partial charge in [0, 0.05) is 41.2 Å². The fraction of sp³-hybridized carbons (Fsp3) is 0.360. The molecule has 0 unspecified atom stereocenters. The summed E-state index contributed by atoms with van der Waals surface area (Å²) in [5.41, 5.74) is 11.0. The van der Waals surface area contributed by atoms with Crippen molar-refractivity contribution in [1.29, 1.82) is 0 Å². The van der Waals surface area contributed by atoms with Crippen LogP contribution >= 0.6 is 0 Å². The van der Waals surface area contributed by atoms with E-state index in [0.29, 0.717) is 11.5 Å². The Morgan fingerprint density at radius 3 is 2.43 bits per heavy atom. The zero-order valence-electron chi connectivity index (χ0n) is 18.5. The molecular formula is C25H33F2N3. The van der Waals surface area contributed by atoms with Crippen LogP contribution in [-0.4, -0.2) is 17.1 Å². The SMILES string of the molecule is C=C(C(/C=C\C(C)=N\C=C(/C)CC(F)F)=C/C)c1ccc(C2CC2)nc1C.C=CN. The van der Waals surface area contributed by atoms with Crippen molar-refractivity contribution in [2.45, 2.75) is 59.3 Å². The average Bonchev–Trinajstić information content (AvgIpc) is 3.52. The fourth-order valence-electron chi connectivity index (χ4n) is 2.79. The van der Waals surface area contributed by atoms with Gasteiger partial charge in [0.25, 0.3) is 0 Å². The highest BCUT2D eigenvalue weighted by Gasteiger charge is 2.25. The topological polar surface area (TPSA) is 51.3 Å². The number of allylic oxidation sites excluding steroid dienone is 6. The van der Waals surface area contributed by atoms with E-state index in [1.807, 2.05) is 39.0 Å². The Kier molecular flexibility index (Phi) is 10.7. The number of nitrogens with two attached hydrogens (primary N) is 1. The molecule has 1 heterocycles. The van der Waals surface area contributed by atoms with Gasteiger partial charge in [-0.3, -0.25) is 9.98 Å². The van der Waals surface area contributed by atoms with Crippen molar-refractivity contribution in [2.24, 2.45) is 10.7 Å².